The van der Waals surface area contributed by atoms with Crippen molar-refractivity contribution in [3.63, 3.8) is 0 Å². The van der Waals surface area contributed by atoms with E-state index in [4.69, 9.17) is 5.26 Å². The molecule has 174 valence electrons. The van der Waals surface area contributed by atoms with Gasteiger partial charge in [0.05, 0.1) is 23.5 Å². The SMILES string of the molecule is N#Cc1nc(-c2ccc(-c3ncc(N(C4CC4)[C@@H]4C[C@@H]5CCC[C@@H](N5)[C@@H]4F)nn3)c(O)c2)cs1. The maximum atomic E-state index is 15.4. The van der Waals surface area contributed by atoms with E-state index in [1.807, 2.05) is 6.07 Å². The summed E-state index contributed by atoms with van der Waals surface area (Å²) in [6.07, 6.45) is 6.59. The van der Waals surface area contributed by atoms with Gasteiger partial charge in [-0.05, 0) is 44.2 Å². The second-order valence-corrected chi connectivity index (χ2v) is 10.2. The number of nitrogens with zero attached hydrogens (tertiary/aromatic N) is 6. The maximum Gasteiger partial charge on any atom is 0.194 e. The zero-order valence-electron chi connectivity index (χ0n) is 18.4. The fourth-order valence-electron chi connectivity index (χ4n) is 5.28. The minimum Gasteiger partial charge on any atom is -0.507 e. The van der Waals surface area contributed by atoms with Crippen LogP contribution < -0.4 is 10.2 Å². The van der Waals surface area contributed by atoms with E-state index in [-0.39, 0.29) is 23.9 Å². The summed E-state index contributed by atoms with van der Waals surface area (Å²) in [5, 5.41) is 33.9. The van der Waals surface area contributed by atoms with E-state index in [2.05, 4.69) is 30.4 Å². The smallest absolute Gasteiger partial charge is 0.194 e. The summed E-state index contributed by atoms with van der Waals surface area (Å²) in [6, 6.07) is 7.47. The number of phenols is 1. The van der Waals surface area contributed by atoms with E-state index in [0.717, 1.165) is 38.5 Å². The lowest BCUT2D eigenvalue weighted by Crippen LogP contribution is -2.62. The van der Waals surface area contributed by atoms with Crippen LogP contribution in [0.1, 0.15) is 43.5 Å². The summed E-state index contributed by atoms with van der Waals surface area (Å²) in [4.78, 5) is 10.8. The van der Waals surface area contributed by atoms with Crippen LogP contribution in [0.5, 0.6) is 5.75 Å². The van der Waals surface area contributed by atoms with Gasteiger partial charge in [-0.25, -0.2) is 14.4 Å². The Balaban J connectivity index is 1.25. The van der Waals surface area contributed by atoms with Gasteiger partial charge in [-0.2, -0.15) is 5.26 Å². The number of aromatic nitrogens is 4. The van der Waals surface area contributed by atoms with Crippen molar-refractivity contribution in [3.8, 4) is 34.5 Å². The van der Waals surface area contributed by atoms with Crippen LogP contribution in [0.3, 0.4) is 0 Å². The van der Waals surface area contributed by atoms with E-state index < -0.39 is 6.17 Å². The van der Waals surface area contributed by atoms with Gasteiger partial charge < -0.3 is 15.3 Å². The molecule has 0 spiro atoms. The zero-order chi connectivity index (χ0) is 23.2. The van der Waals surface area contributed by atoms with Crippen LogP contribution in [-0.2, 0) is 0 Å². The van der Waals surface area contributed by atoms with Gasteiger partial charge in [0.15, 0.2) is 16.6 Å². The monoisotopic (exact) mass is 477 g/mol. The Morgan fingerprint density at radius 2 is 2.09 bits per heavy atom. The second-order valence-electron chi connectivity index (χ2n) is 9.31. The number of hydrogen-bond donors (Lipinski definition) is 2. The van der Waals surface area contributed by atoms with Gasteiger partial charge in [0.25, 0.3) is 0 Å². The molecular formula is C24H24FN7OS. The van der Waals surface area contributed by atoms with Crippen LogP contribution in [0.25, 0.3) is 22.6 Å². The number of rotatable bonds is 5. The highest BCUT2D eigenvalue weighted by Gasteiger charge is 2.46. The summed E-state index contributed by atoms with van der Waals surface area (Å²) in [5.74, 6) is 0.910. The Morgan fingerprint density at radius 3 is 2.79 bits per heavy atom. The molecule has 2 aliphatic heterocycles. The van der Waals surface area contributed by atoms with E-state index in [1.165, 1.54) is 11.3 Å². The molecule has 1 aliphatic carbocycles. The van der Waals surface area contributed by atoms with Gasteiger partial charge in [-0.1, -0.05) is 12.5 Å². The van der Waals surface area contributed by atoms with Crippen molar-refractivity contribution >= 4 is 17.2 Å². The lowest BCUT2D eigenvalue weighted by atomic mass is 9.82. The summed E-state index contributed by atoms with van der Waals surface area (Å²) in [5.41, 5.74) is 1.79. The molecule has 2 saturated heterocycles. The first-order valence-electron chi connectivity index (χ1n) is 11.7. The largest absolute Gasteiger partial charge is 0.507 e. The highest BCUT2D eigenvalue weighted by molar-refractivity contribution is 7.10. The second kappa shape index (κ2) is 8.56. The molecule has 0 unspecified atom stereocenters. The zero-order valence-corrected chi connectivity index (χ0v) is 19.2. The number of benzene rings is 1. The molecular weight excluding hydrogens is 453 g/mol. The summed E-state index contributed by atoms with van der Waals surface area (Å²) in [7, 11) is 0. The van der Waals surface area contributed by atoms with Crippen LogP contribution in [-0.4, -0.2) is 55.6 Å². The minimum atomic E-state index is -0.942. The van der Waals surface area contributed by atoms with Gasteiger partial charge in [0.2, 0.25) is 0 Å². The van der Waals surface area contributed by atoms with Crippen LogP contribution in [0, 0.1) is 11.3 Å². The molecule has 3 fully saturated rings. The van der Waals surface area contributed by atoms with Gasteiger partial charge >= 0.3 is 0 Å². The van der Waals surface area contributed by atoms with Crippen molar-refractivity contribution in [2.24, 2.45) is 0 Å². The Kier molecular flexibility index (Phi) is 5.38. The van der Waals surface area contributed by atoms with E-state index in [1.54, 1.807) is 29.8 Å². The maximum absolute atomic E-state index is 15.4. The predicted octanol–water partition coefficient (Wildman–Crippen LogP) is 3.83. The van der Waals surface area contributed by atoms with Crippen LogP contribution in [0.2, 0.25) is 0 Å². The molecule has 34 heavy (non-hydrogen) atoms. The van der Waals surface area contributed by atoms with Crippen molar-refractivity contribution in [1.82, 2.24) is 25.5 Å². The first-order valence-corrected chi connectivity index (χ1v) is 12.6. The number of hydrogen-bond acceptors (Lipinski definition) is 9. The molecule has 3 aliphatic rings. The van der Waals surface area contributed by atoms with E-state index >= 15 is 4.39 Å². The molecule has 0 amide bonds. The van der Waals surface area contributed by atoms with Crippen molar-refractivity contribution in [2.45, 2.75) is 68.9 Å². The highest BCUT2D eigenvalue weighted by atomic mass is 32.1. The molecule has 2 aromatic heterocycles. The van der Waals surface area contributed by atoms with Gasteiger partial charge in [-0.3, -0.25) is 0 Å². The van der Waals surface area contributed by atoms with Crippen LogP contribution in [0.4, 0.5) is 10.2 Å². The molecule has 2 N–H and O–H groups in total. The molecule has 1 aromatic carbocycles. The third kappa shape index (κ3) is 3.89. The summed E-state index contributed by atoms with van der Waals surface area (Å²) >= 11 is 1.26. The van der Waals surface area contributed by atoms with E-state index in [9.17, 15) is 5.11 Å². The molecule has 4 heterocycles. The van der Waals surface area contributed by atoms with Crippen molar-refractivity contribution in [3.05, 3.63) is 34.8 Å². The van der Waals surface area contributed by atoms with Crippen molar-refractivity contribution in [2.75, 3.05) is 4.90 Å². The van der Waals surface area contributed by atoms with Crippen LogP contribution >= 0.6 is 11.3 Å². The summed E-state index contributed by atoms with van der Waals surface area (Å²) in [6.45, 7) is 0. The summed E-state index contributed by atoms with van der Waals surface area (Å²) < 4.78 is 15.4. The number of halogens is 1. The van der Waals surface area contributed by atoms with Gasteiger partial charge in [-0.15, -0.1) is 21.5 Å². The number of piperidine rings is 2. The number of thiazole rings is 1. The number of phenolic OH excluding ortho intramolecular Hbond substituents is 1. The lowest BCUT2D eigenvalue weighted by Gasteiger charge is -2.47. The molecule has 0 radical (unpaired) electrons. The molecule has 4 atom stereocenters. The Labute approximate surface area is 200 Å². The topological polar surface area (TPSA) is 111 Å². The predicted molar refractivity (Wildman–Crippen MR) is 126 cm³/mol. The van der Waals surface area contributed by atoms with E-state index in [0.29, 0.717) is 39.5 Å². The quantitative estimate of drug-likeness (QED) is 0.570. The molecule has 10 heteroatoms. The van der Waals surface area contributed by atoms with Crippen molar-refractivity contribution in [1.29, 1.82) is 5.26 Å². The number of nitriles is 1. The fraction of sp³-hybridized carbons (Fsp3) is 0.458. The van der Waals surface area contributed by atoms with Gasteiger partial charge in [0.1, 0.15) is 18.0 Å². The molecule has 6 rings (SSSR count). The normalized spacial score (nSPS) is 26.1. The fourth-order valence-corrected chi connectivity index (χ4v) is 5.89. The third-order valence-electron chi connectivity index (χ3n) is 7.04. The number of alkyl halides is 1. The van der Waals surface area contributed by atoms with Gasteiger partial charge in [0, 0.05) is 29.1 Å². The Bertz CT molecular complexity index is 1240. The first kappa shape index (κ1) is 21.4. The third-order valence-corrected chi connectivity index (χ3v) is 7.79. The number of anilines is 1. The minimum absolute atomic E-state index is 0.00705. The molecule has 3 aromatic rings. The van der Waals surface area contributed by atoms with Crippen molar-refractivity contribution < 1.29 is 9.50 Å². The average molecular weight is 478 g/mol. The number of fused-ring (bicyclic) bond motifs is 2. The highest BCUT2D eigenvalue weighted by Crippen LogP contribution is 2.39. The number of nitrogens with one attached hydrogen (secondary N) is 1. The Morgan fingerprint density at radius 1 is 1.21 bits per heavy atom. The molecule has 2 bridgehead atoms. The molecule has 8 nitrogen and oxygen atoms in total. The standard InChI is InChI=1S/C24H24FN7OS/c25-23-17-3-1-2-14(28-17)9-19(23)32(15-5-6-15)21-11-27-24(31-30-21)16-7-4-13(8-20(16)33)18-12-34-22(10-26)29-18/h4,7-8,11-12,14-15,17,19,23,28,33H,1-3,5-6,9H2/t14-,17+,19+,23-/m0/s1. The first-order chi connectivity index (χ1) is 16.6. The number of aromatic hydroxyl groups is 1. The average Bonchev–Trinajstić information content (AvgIpc) is 3.57. The Hall–Kier alpha value is -3.16. The molecule has 1 saturated carbocycles. The lowest BCUT2D eigenvalue weighted by molar-refractivity contribution is 0.104. The van der Waals surface area contributed by atoms with Crippen LogP contribution in [0.15, 0.2) is 29.8 Å².